The maximum absolute atomic E-state index is 10.7. The van der Waals surface area contributed by atoms with Crippen LogP contribution in [0.1, 0.15) is 15.9 Å². The van der Waals surface area contributed by atoms with E-state index in [-0.39, 0.29) is 0 Å². The average molecular weight is 297 g/mol. The number of aryl methyl sites for hydroxylation is 1. The number of furan rings is 1. The third-order valence-electron chi connectivity index (χ3n) is 2.04. The number of alkyl halides is 1. The molecule has 0 unspecified atom stereocenters. The Morgan fingerprint density at radius 3 is 2.29 bits per heavy atom. The highest BCUT2D eigenvalue weighted by atomic mass is 79.9. The SMILES string of the molecule is O=C(O)c1ccccc1CCBr.c1ccoc1. The van der Waals surface area contributed by atoms with Gasteiger partial charge in [-0.1, -0.05) is 34.1 Å². The average Bonchev–Trinajstić information content (AvgIpc) is 2.88. The molecule has 0 aliphatic heterocycles. The predicted octanol–water partition coefficient (Wildman–Crippen LogP) is 3.60. The van der Waals surface area contributed by atoms with E-state index in [4.69, 9.17) is 5.11 Å². The number of carboxylic acid groups (broad SMARTS) is 1. The fourth-order valence-electron chi connectivity index (χ4n) is 1.28. The lowest BCUT2D eigenvalue weighted by Crippen LogP contribution is -2.02. The second kappa shape index (κ2) is 7.68. The van der Waals surface area contributed by atoms with Crippen LogP contribution in [0.4, 0.5) is 0 Å². The number of benzene rings is 1. The summed E-state index contributed by atoms with van der Waals surface area (Å²) in [6.45, 7) is 0. The Labute approximate surface area is 108 Å². The topological polar surface area (TPSA) is 50.4 Å². The summed E-state index contributed by atoms with van der Waals surface area (Å²) in [5.74, 6) is -0.855. The monoisotopic (exact) mass is 296 g/mol. The molecule has 17 heavy (non-hydrogen) atoms. The van der Waals surface area contributed by atoms with Crippen molar-refractivity contribution in [3.63, 3.8) is 0 Å². The van der Waals surface area contributed by atoms with E-state index in [2.05, 4.69) is 20.3 Å². The van der Waals surface area contributed by atoms with Crippen molar-refractivity contribution < 1.29 is 14.3 Å². The Morgan fingerprint density at radius 1 is 1.18 bits per heavy atom. The Bertz CT molecular complexity index is 420. The van der Waals surface area contributed by atoms with Crippen LogP contribution >= 0.6 is 15.9 Å². The molecule has 2 aromatic rings. The normalized spacial score (nSPS) is 9.24. The summed E-state index contributed by atoms with van der Waals surface area (Å²) >= 11 is 3.28. The van der Waals surface area contributed by atoms with Crippen molar-refractivity contribution in [2.24, 2.45) is 0 Å². The molecule has 0 bridgehead atoms. The van der Waals surface area contributed by atoms with Crippen LogP contribution < -0.4 is 0 Å². The van der Waals surface area contributed by atoms with E-state index < -0.39 is 5.97 Å². The molecule has 0 fully saturated rings. The van der Waals surface area contributed by atoms with Crippen molar-refractivity contribution in [1.82, 2.24) is 0 Å². The van der Waals surface area contributed by atoms with Crippen LogP contribution in [0.3, 0.4) is 0 Å². The van der Waals surface area contributed by atoms with E-state index in [0.29, 0.717) is 5.56 Å². The molecule has 3 nitrogen and oxygen atoms in total. The summed E-state index contributed by atoms with van der Waals surface area (Å²) in [6, 6.07) is 10.7. The molecule has 0 radical (unpaired) electrons. The third-order valence-corrected chi connectivity index (χ3v) is 2.43. The Kier molecular flexibility index (Phi) is 6.10. The highest BCUT2D eigenvalue weighted by molar-refractivity contribution is 9.09. The van der Waals surface area contributed by atoms with E-state index in [1.54, 1.807) is 24.7 Å². The van der Waals surface area contributed by atoms with E-state index in [0.717, 1.165) is 17.3 Å². The molecule has 1 heterocycles. The number of aromatic carboxylic acids is 1. The largest absolute Gasteiger partial charge is 0.478 e. The summed E-state index contributed by atoms with van der Waals surface area (Å²) in [6.07, 6.45) is 4.00. The van der Waals surface area contributed by atoms with Gasteiger partial charge in [-0.05, 0) is 30.2 Å². The molecule has 1 N–H and O–H groups in total. The Hall–Kier alpha value is -1.55. The van der Waals surface area contributed by atoms with Gasteiger partial charge in [0, 0.05) is 5.33 Å². The highest BCUT2D eigenvalue weighted by Crippen LogP contribution is 2.10. The Balaban J connectivity index is 0.000000239. The summed E-state index contributed by atoms with van der Waals surface area (Å²) in [7, 11) is 0. The van der Waals surface area contributed by atoms with E-state index >= 15 is 0 Å². The molecule has 0 aliphatic rings. The molecule has 0 saturated heterocycles. The quantitative estimate of drug-likeness (QED) is 0.881. The van der Waals surface area contributed by atoms with Gasteiger partial charge >= 0.3 is 5.97 Å². The van der Waals surface area contributed by atoms with Gasteiger partial charge in [0.1, 0.15) is 0 Å². The number of carboxylic acids is 1. The number of carbonyl (C=O) groups is 1. The first-order valence-electron chi connectivity index (χ1n) is 5.10. The molecular weight excluding hydrogens is 284 g/mol. The first-order valence-corrected chi connectivity index (χ1v) is 6.22. The fourth-order valence-corrected chi connectivity index (χ4v) is 1.70. The lowest BCUT2D eigenvalue weighted by atomic mass is 10.1. The molecule has 0 spiro atoms. The lowest BCUT2D eigenvalue weighted by Gasteiger charge is -2.01. The summed E-state index contributed by atoms with van der Waals surface area (Å²) in [5, 5.41) is 9.57. The summed E-state index contributed by atoms with van der Waals surface area (Å²) in [5.41, 5.74) is 1.28. The van der Waals surface area contributed by atoms with Gasteiger partial charge in [-0.2, -0.15) is 0 Å². The zero-order chi connectivity index (χ0) is 12.5. The minimum Gasteiger partial charge on any atom is -0.478 e. The maximum Gasteiger partial charge on any atom is 0.335 e. The minimum atomic E-state index is -0.855. The molecule has 0 saturated carbocycles. The standard InChI is InChI=1S/C9H9BrO2.C4H4O/c10-6-5-7-3-1-2-4-8(7)9(11)12;1-2-4-5-3-1/h1-4H,5-6H2,(H,11,12);1-4H. The molecule has 0 amide bonds. The predicted molar refractivity (Wildman–Crippen MR) is 69.6 cm³/mol. The second-order valence-electron chi connectivity index (χ2n) is 3.19. The van der Waals surface area contributed by atoms with Crippen molar-refractivity contribution in [3.05, 3.63) is 60.1 Å². The van der Waals surface area contributed by atoms with E-state index in [1.807, 2.05) is 24.3 Å². The Morgan fingerprint density at radius 2 is 1.82 bits per heavy atom. The third kappa shape index (κ3) is 4.87. The molecule has 1 aromatic heterocycles. The number of hydrogen-bond acceptors (Lipinski definition) is 2. The van der Waals surface area contributed by atoms with Crippen molar-refractivity contribution in [2.45, 2.75) is 6.42 Å². The van der Waals surface area contributed by atoms with Crippen molar-refractivity contribution in [3.8, 4) is 0 Å². The molecule has 0 aliphatic carbocycles. The first-order chi connectivity index (χ1) is 8.25. The van der Waals surface area contributed by atoms with Crippen molar-refractivity contribution in [1.29, 1.82) is 0 Å². The van der Waals surface area contributed by atoms with Crippen LogP contribution in [0.15, 0.2) is 53.3 Å². The van der Waals surface area contributed by atoms with E-state index in [1.165, 1.54) is 0 Å². The molecular formula is C13H13BrO3. The molecule has 4 heteroatoms. The van der Waals surface area contributed by atoms with Gasteiger partial charge in [-0.25, -0.2) is 4.79 Å². The number of hydrogen-bond donors (Lipinski definition) is 1. The van der Waals surface area contributed by atoms with Crippen molar-refractivity contribution >= 4 is 21.9 Å². The van der Waals surface area contributed by atoms with Crippen LogP contribution in [0.25, 0.3) is 0 Å². The highest BCUT2D eigenvalue weighted by Gasteiger charge is 2.06. The fraction of sp³-hybridized carbons (Fsp3) is 0.154. The second-order valence-corrected chi connectivity index (χ2v) is 3.99. The van der Waals surface area contributed by atoms with E-state index in [9.17, 15) is 4.79 Å². The number of halogens is 1. The molecule has 1 aromatic carbocycles. The summed E-state index contributed by atoms with van der Waals surface area (Å²) < 4.78 is 4.58. The van der Waals surface area contributed by atoms with Gasteiger partial charge in [0.15, 0.2) is 0 Å². The molecule has 2 rings (SSSR count). The van der Waals surface area contributed by atoms with Crippen molar-refractivity contribution in [2.75, 3.05) is 5.33 Å². The van der Waals surface area contributed by atoms with Crippen LogP contribution in [0, 0.1) is 0 Å². The first kappa shape index (κ1) is 13.5. The van der Waals surface area contributed by atoms with Crippen LogP contribution in [-0.4, -0.2) is 16.4 Å². The molecule has 0 atom stereocenters. The smallest absolute Gasteiger partial charge is 0.335 e. The number of rotatable bonds is 3. The van der Waals surface area contributed by atoms with Gasteiger partial charge < -0.3 is 9.52 Å². The van der Waals surface area contributed by atoms with Crippen LogP contribution in [0.2, 0.25) is 0 Å². The van der Waals surface area contributed by atoms with Crippen LogP contribution in [-0.2, 0) is 6.42 Å². The molecule has 90 valence electrons. The summed E-state index contributed by atoms with van der Waals surface area (Å²) in [4.78, 5) is 10.7. The van der Waals surface area contributed by atoms with Gasteiger partial charge in [-0.3, -0.25) is 0 Å². The maximum atomic E-state index is 10.7. The zero-order valence-electron chi connectivity index (χ0n) is 9.17. The lowest BCUT2D eigenvalue weighted by molar-refractivity contribution is 0.0696. The zero-order valence-corrected chi connectivity index (χ0v) is 10.8. The van der Waals surface area contributed by atoms with Gasteiger partial charge in [0.05, 0.1) is 18.1 Å². The van der Waals surface area contributed by atoms with Gasteiger partial charge in [0.25, 0.3) is 0 Å². The van der Waals surface area contributed by atoms with Gasteiger partial charge in [0.2, 0.25) is 0 Å². The minimum absolute atomic E-state index is 0.400. The van der Waals surface area contributed by atoms with Gasteiger partial charge in [-0.15, -0.1) is 0 Å². The van der Waals surface area contributed by atoms with Crippen LogP contribution in [0.5, 0.6) is 0 Å².